The van der Waals surface area contributed by atoms with Crippen LogP contribution in [0.15, 0.2) is 28.9 Å². The van der Waals surface area contributed by atoms with E-state index >= 15 is 0 Å². The number of nitrogens with one attached hydrogen (secondary N) is 1. The molecule has 0 saturated carbocycles. The fourth-order valence-electron chi connectivity index (χ4n) is 1.49. The molecule has 2 aromatic rings. The van der Waals surface area contributed by atoms with Gasteiger partial charge >= 0.3 is 0 Å². The second-order valence-corrected chi connectivity index (χ2v) is 5.87. The molecule has 7 heteroatoms. The van der Waals surface area contributed by atoms with Gasteiger partial charge < -0.3 is 15.0 Å². The van der Waals surface area contributed by atoms with Crippen LogP contribution in [0.5, 0.6) is 0 Å². The van der Waals surface area contributed by atoms with Gasteiger partial charge in [-0.1, -0.05) is 17.8 Å². The first-order valence-corrected chi connectivity index (χ1v) is 7.60. The molecule has 2 heterocycles. The summed E-state index contributed by atoms with van der Waals surface area (Å²) in [5.74, 6) is 0.299. The average molecular weight is 297 g/mol. The van der Waals surface area contributed by atoms with Crippen molar-refractivity contribution in [2.24, 2.45) is 7.05 Å². The highest BCUT2D eigenvalue weighted by Gasteiger charge is 2.09. The largest absolute Gasteiger partial charge is 0.390 e. The monoisotopic (exact) mass is 297 g/mol. The third-order valence-corrected chi connectivity index (χ3v) is 4.50. The summed E-state index contributed by atoms with van der Waals surface area (Å²) in [6.07, 6.45) is 1.62. The number of imidazole rings is 1. The van der Waals surface area contributed by atoms with Crippen LogP contribution in [0.3, 0.4) is 0 Å². The van der Waals surface area contributed by atoms with Gasteiger partial charge in [0.25, 0.3) is 0 Å². The molecular formula is C12H15N3O2S2. The number of aliphatic hydroxyl groups is 1. The van der Waals surface area contributed by atoms with Crippen molar-refractivity contribution < 1.29 is 9.90 Å². The van der Waals surface area contributed by atoms with Crippen molar-refractivity contribution in [3.05, 3.63) is 34.3 Å². The zero-order valence-corrected chi connectivity index (χ0v) is 12.1. The van der Waals surface area contributed by atoms with Crippen molar-refractivity contribution in [3.8, 4) is 0 Å². The first-order chi connectivity index (χ1) is 9.20. The molecule has 1 amide bonds. The number of aromatic nitrogens is 2. The highest BCUT2D eigenvalue weighted by molar-refractivity contribution is 7.99. The summed E-state index contributed by atoms with van der Waals surface area (Å²) < 4.78 is 1.79. The van der Waals surface area contributed by atoms with Gasteiger partial charge in [-0.25, -0.2) is 4.98 Å². The molecule has 2 aromatic heterocycles. The van der Waals surface area contributed by atoms with Gasteiger partial charge in [-0.15, -0.1) is 11.3 Å². The van der Waals surface area contributed by atoms with Crippen molar-refractivity contribution in [1.29, 1.82) is 0 Å². The van der Waals surface area contributed by atoms with E-state index in [1.54, 1.807) is 22.1 Å². The molecule has 19 heavy (non-hydrogen) atoms. The molecular weight excluding hydrogens is 282 g/mol. The Labute approximate surface area is 119 Å². The Morgan fingerprint density at radius 3 is 3.11 bits per heavy atom. The van der Waals surface area contributed by atoms with E-state index in [1.165, 1.54) is 11.8 Å². The van der Waals surface area contributed by atoms with Crippen molar-refractivity contribution in [1.82, 2.24) is 14.9 Å². The van der Waals surface area contributed by atoms with Crippen LogP contribution in [0.2, 0.25) is 0 Å². The van der Waals surface area contributed by atoms with Crippen molar-refractivity contribution in [2.75, 3.05) is 5.75 Å². The normalized spacial score (nSPS) is 10.6. The van der Waals surface area contributed by atoms with Gasteiger partial charge in [0, 0.05) is 11.9 Å². The van der Waals surface area contributed by atoms with E-state index in [4.69, 9.17) is 5.11 Å². The minimum Gasteiger partial charge on any atom is -0.390 e. The summed E-state index contributed by atoms with van der Waals surface area (Å²) >= 11 is 2.98. The second-order valence-electron chi connectivity index (χ2n) is 3.89. The molecule has 0 bridgehead atoms. The molecule has 0 saturated heterocycles. The number of hydrogen-bond acceptors (Lipinski definition) is 5. The summed E-state index contributed by atoms with van der Waals surface area (Å²) in [5.41, 5.74) is 0.737. The van der Waals surface area contributed by atoms with Crippen molar-refractivity contribution in [2.45, 2.75) is 18.3 Å². The van der Waals surface area contributed by atoms with Crippen LogP contribution in [0.4, 0.5) is 0 Å². The molecule has 0 unspecified atom stereocenters. The molecule has 0 aliphatic carbocycles. The predicted octanol–water partition coefficient (Wildman–Crippen LogP) is 1.38. The van der Waals surface area contributed by atoms with Gasteiger partial charge in [0.2, 0.25) is 5.91 Å². The molecule has 0 aliphatic rings. The van der Waals surface area contributed by atoms with E-state index in [1.807, 2.05) is 24.6 Å². The maximum Gasteiger partial charge on any atom is 0.230 e. The predicted molar refractivity (Wildman–Crippen MR) is 76.0 cm³/mol. The Hall–Kier alpha value is -1.31. The van der Waals surface area contributed by atoms with Gasteiger partial charge in [0.1, 0.15) is 0 Å². The molecule has 0 fully saturated rings. The van der Waals surface area contributed by atoms with Crippen molar-refractivity contribution in [3.63, 3.8) is 0 Å². The fourth-order valence-corrected chi connectivity index (χ4v) is 2.93. The van der Waals surface area contributed by atoms with Crippen LogP contribution in [0.1, 0.15) is 10.6 Å². The minimum absolute atomic E-state index is 0.0213. The van der Waals surface area contributed by atoms with Gasteiger partial charge in [0.05, 0.1) is 30.8 Å². The maximum absolute atomic E-state index is 11.7. The van der Waals surface area contributed by atoms with Crippen LogP contribution in [-0.4, -0.2) is 26.3 Å². The Morgan fingerprint density at radius 2 is 2.47 bits per heavy atom. The first-order valence-electron chi connectivity index (χ1n) is 5.74. The maximum atomic E-state index is 11.7. The fraction of sp³-hybridized carbons (Fsp3) is 0.333. The summed E-state index contributed by atoms with van der Waals surface area (Å²) in [6.45, 7) is 0.522. The van der Waals surface area contributed by atoms with Crippen LogP contribution >= 0.6 is 23.1 Å². The Kier molecular flexibility index (Phi) is 5.00. The number of carbonyl (C=O) groups is 1. The topological polar surface area (TPSA) is 67.1 Å². The Balaban J connectivity index is 1.78. The second kappa shape index (κ2) is 6.74. The molecule has 5 nitrogen and oxygen atoms in total. The quantitative estimate of drug-likeness (QED) is 0.791. The van der Waals surface area contributed by atoms with Crippen molar-refractivity contribution >= 4 is 29.0 Å². The SMILES string of the molecule is Cn1c(CO)cnc1SCC(=O)NCc1cccs1. The minimum atomic E-state index is -0.0470. The molecule has 0 spiro atoms. The van der Waals surface area contributed by atoms with Gasteiger partial charge in [-0.2, -0.15) is 0 Å². The van der Waals surface area contributed by atoms with E-state index in [-0.39, 0.29) is 12.5 Å². The van der Waals surface area contributed by atoms with Gasteiger partial charge in [0.15, 0.2) is 5.16 Å². The number of hydrogen-bond donors (Lipinski definition) is 2. The van der Waals surface area contributed by atoms with Gasteiger partial charge in [-0.3, -0.25) is 4.79 Å². The lowest BCUT2D eigenvalue weighted by Gasteiger charge is -2.05. The summed E-state index contributed by atoms with van der Waals surface area (Å²) in [5, 5.41) is 14.6. The van der Waals surface area contributed by atoms with E-state index in [9.17, 15) is 4.79 Å². The average Bonchev–Trinajstić information content (AvgIpc) is 3.04. The zero-order valence-electron chi connectivity index (χ0n) is 10.5. The van der Waals surface area contributed by atoms with E-state index in [2.05, 4.69) is 10.3 Å². The molecule has 0 radical (unpaired) electrons. The number of aliphatic hydroxyl groups excluding tert-OH is 1. The molecule has 2 rings (SSSR count). The zero-order chi connectivity index (χ0) is 13.7. The number of carbonyl (C=O) groups excluding carboxylic acids is 1. The molecule has 102 valence electrons. The number of rotatable bonds is 6. The lowest BCUT2D eigenvalue weighted by molar-refractivity contribution is -0.118. The van der Waals surface area contributed by atoms with Crippen LogP contribution in [0, 0.1) is 0 Å². The molecule has 0 atom stereocenters. The Morgan fingerprint density at radius 1 is 1.63 bits per heavy atom. The summed E-state index contributed by atoms with van der Waals surface area (Å²) in [7, 11) is 1.82. The summed E-state index contributed by atoms with van der Waals surface area (Å²) in [4.78, 5) is 17.0. The third-order valence-electron chi connectivity index (χ3n) is 2.58. The summed E-state index contributed by atoms with van der Waals surface area (Å²) in [6, 6.07) is 3.95. The lowest BCUT2D eigenvalue weighted by Crippen LogP contribution is -2.24. The lowest BCUT2D eigenvalue weighted by atomic mass is 10.4. The number of thioether (sulfide) groups is 1. The van der Waals surface area contributed by atoms with Crippen LogP contribution in [-0.2, 0) is 25.0 Å². The number of nitrogens with zero attached hydrogens (tertiary/aromatic N) is 2. The molecule has 0 aromatic carbocycles. The highest BCUT2D eigenvalue weighted by atomic mass is 32.2. The first kappa shape index (κ1) is 14.1. The third kappa shape index (κ3) is 3.82. The van der Waals surface area contributed by atoms with E-state index in [0.29, 0.717) is 12.3 Å². The highest BCUT2D eigenvalue weighted by Crippen LogP contribution is 2.17. The van der Waals surface area contributed by atoms with E-state index < -0.39 is 0 Å². The Bertz CT molecular complexity index is 537. The van der Waals surface area contributed by atoms with Crippen LogP contribution in [0.25, 0.3) is 0 Å². The molecule has 2 N–H and O–H groups in total. The van der Waals surface area contributed by atoms with Gasteiger partial charge in [-0.05, 0) is 11.4 Å². The number of amides is 1. The number of thiophene rings is 1. The van der Waals surface area contributed by atoms with E-state index in [0.717, 1.165) is 15.7 Å². The standard InChI is InChI=1S/C12H15N3O2S2/c1-15-9(7-16)5-14-12(15)19-8-11(17)13-6-10-3-2-4-18-10/h2-5,16H,6-8H2,1H3,(H,13,17). The molecule has 0 aliphatic heterocycles. The smallest absolute Gasteiger partial charge is 0.230 e. The van der Waals surface area contributed by atoms with Crippen LogP contribution < -0.4 is 5.32 Å².